The van der Waals surface area contributed by atoms with E-state index in [2.05, 4.69) is 31.2 Å². The van der Waals surface area contributed by atoms with Gasteiger partial charge >= 0.3 is 6.03 Å². The fourth-order valence-corrected chi connectivity index (χ4v) is 3.00. The number of carbonyl (C=O) groups is 1. The number of anilines is 4. The van der Waals surface area contributed by atoms with Crippen LogP contribution in [0.3, 0.4) is 0 Å². The monoisotopic (exact) mass is 456 g/mol. The van der Waals surface area contributed by atoms with Crippen LogP contribution in [0.15, 0.2) is 48.5 Å². The zero-order chi connectivity index (χ0) is 22.9. The Kier molecular flexibility index (Phi) is 7.93. The Balaban J connectivity index is 1.50. The molecule has 0 aliphatic rings. The van der Waals surface area contributed by atoms with Gasteiger partial charge in [-0.25, -0.2) is 9.78 Å². The summed E-state index contributed by atoms with van der Waals surface area (Å²) in [6.07, 6.45) is 0. The van der Waals surface area contributed by atoms with E-state index >= 15 is 0 Å². The Morgan fingerprint density at radius 2 is 1.78 bits per heavy atom. The molecule has 0 fully saturated rings. The molecule has 168 valence electrons. The van der Waals surface area contributed by atoms with Crippen molar-refractivity contribution < 1.29 is 14.3 Å². The first-order valence-electron chi connectivity index (χ1n) is 9.86. The first kappa shape index (κ1) is 23.0. The number of hydrogen-bond acceptors (Lipinski definition) is 7. The molecule has 0 atom stereocenters. The van der Waals surface area contributed by atoms with E-state index in [1.165, 1.54) is 7.11 Å². The third-order valence-corrected chi connectivity index (χ3v) is 4.56. The second kappa shape index (κ2) is 11.1. The lowest BCUT2D eigenvalue weighted by Gasteiger charge is -2.12. The molecule has 0 unspecified atom stereocenters. The first-order chi connectivity index (χ1) is 15.5. The number of amides is 2. The highest BCUT2D eigenvalue weighted by molar-refractivity contribution is 6.31. The number of carbonyl (C=O) groups excluding carboxylic acids is 1. The van der Waals surface area contributed by atoms with Gasteiger partial charge in [-0.3, -0.25) is 0 Å². The molecule has 0 radical (unpaired) electrons. The van der Waals surface area contributed by atoms with Gasteiger partial charge in [0.1, 0.15) is 17.3 Å². The molecule has 2 aromatic carbocycles. The maximum absolute atomic E-state index is 12.2. The summed E-state index contributed by atoms with van der Waals surface area (Å²) >= 11 is 5.98. The molecule has 32 heavy (non-hydrogen) atoms. The molecule has 3 rings (SSSR count). The summed E-state index contributed by atoms with van der Waals surface area (Å²) in [5, 5.41) is 12.3. The molecule has 4 N–H and O–H groups in total. The number of ether oxygens (including phenoxy) is 2. The quantitative estimate of drug-likeness (QED) is 0.352. The Morgan fingerprint density at radius 1 is 1.00 bits per heavy atom. The molecule has 0 saturated carbocycles. The highest BCUT2D eigenvalue weighted by atomic mass is 35.5. The number of methoxy groups -OCH3 is 2. The third-order valence-electron chi connectivity index (χ3n) is 4.32. The molecule has 1 aromatic heterocycles. The summed E-state index contributed by atoms with van der Waals surface area (Å²) in [5.41, 5.74) is 2.17. The maximum atomic E-state index is 12.2. The highest BCUT2D eigenvalue weighted by Gasteiger charge is 2.08. The van der Waals surface area contributed by atoms with Crippen molar-refractivity contribution >= 4 is 40.8 Å². The Bertz CT molecular complexity index is 1060. The van der Waals surface area contributed by atoms with E-state index in [1.807, 2.05) is 37.3 Å². The van der Waals surface area contributed by atoms with Crippen LogP contribution in [0.4, 0.5) is 27.9 Å². The lowest BCUT2D eigenvalue weighted by atomic mass is 10.3. The third kappa shape index (κ3) is 6.64. The van der Waals surface area contributed by atoms with Crippen molar-refractivity contribution in [2.24, 2.45) is 0 Å². The maximum Gasteiger partial charge on any atom is 0.319 e. The predicted molar refractivity (Wildman–Crippen MR) is 127 cm³/mol. The van der Waals surface area contributed by atoms with E-state index in [-0.39, 0.29) is 6.03 Å². The molecule has 0 aliphatic carbocycles. The normalized spacial score (nSPS) is 10.2. The highest BCUT2D eigenvalue weighted by Crippen LogP contribution is 2.27. The van der Waals surface area contributed by atoms with Gasteiger partial charge in [0.2, 0.25) is 5.95 Å². The fourth-order valence-electron chi connectivity index (χ4n) is 2.83. The van der Waals surface area contributed by atoms with Gasteiger partial charge in [-0.1, -0.05) is 11.6 Å². The molecule has 0 bridgehead atoms. The number of halogens is 1. The van der Waals surface area contributed by atoms with Crippen molar-refractivity contribution in [3.8, 4) is 11.5 Å². The SMILES string of the molecule is COc1ccc(Nc2cc(C)nc(NCCNC(=O)Nc3cc(Cl)ccc3OC)n2)cc1. The van der Waals surface area contributed by atoms with Crippen molar-refractivity contribution in [3.63, 3.8) is 0 Å². The number of rotatable bonds is 9. The van der Waals surface area contributed by atoms with Gasteiger partial charge in [-0.05, 0) is 49.4 Å². The molecule has 0 saturated heterocycles. The Hall–Kier alpha value is -3.72. The van der Waals surface area contributed by atoms with Crippen molar-refractivity contribution in [2.45, 2.75) is 6.92 Å². The molecule has 3 aromatic rings. The number of nitrogens with zero attached hydrogens (tertiary/aromatic N) is 2. The lowest BCUT2D eigenvalue weighted by molar-refractivity contribution is 0.252. The second-order valence-electron chi connectivity index (χ2n) is 6.72. The van der Waals surface area contributed by atoms with Gasteiger partial charge in [0.05, 0.1) is 19.9 Å². The number of benzene rings is 2. The number of hydrogen-bond donors (Lipinski definition) is 4. The van der Waals surface area contributed by atoms with Crippen LogP contribution in [0.25, 0.3) is 0 Å². The van der Waals surface area contributed by atoms with Crippen LogP contribution in [-0.2, 0) is 0 Å². The van der Waals surface area contributed by atoms with Crippen LogP contribution in [0.1, 0.15) is 5.69 Å². The van der Waals surface area contributed by atoms with Gasteiger partial charge in [0.25, 0.3) is 0 Å². The molecule has 9 nitrogen and oxygen atoms in total. The topological polar surface area (TPSA) is 109 Å². The minimum atomic E-state index is -0.376. The predicted octanol–water partition coefficient (Wildman–Crippen LogP) is 4.43. The van der Waals surface area contributed by atoms with Crippen molar-refractivity contribution in [1.82, 2.24) is 15.3 Å². The van der Waals surface area contributed by atoms with Crippen LogP contribution in [-0.4, -0.2) is 43.3 Å². The van der Waals surface area contributed by atoms with Crippen LogP contribution in [0, 0.1) is 6.92 Å². The zero-order valence-corrected chi connectivity index (χ0v) is 18.8. The van der Waals surface area contributed by atoms with Crippen LogP contribution in [0.5, 0.6) is 11.5 Å². The van der Waals surface area contributed by atoms with Crippen LogP contribution < -0.4 is 30.7 Å². The molecular formula is C22H25ClN6O3. The second-order valence-corrected chi connectivity index (χ2v) is 7.16. The Morgan fingerprint density at radius 3 is 2.50 bits per heavy atom. The average Bonchev–Trinajstić information content (AvgIpc) is 2.77. The molecule has 1 heterocycles. The summed E-state index contributed by atoms with van der Waals surface area (Å²) in [7, 11) is 3.15. The number of urea groups is 1. The van der Waals surface area contributed by atoms with Crippen molar-refractivity contribution in [1.29, 1.82) is 0 Å². The summed E-state index contributed by atoms with van der Waals surface area (Å²) in [6, 6.07) is 14.0. The minimum absolute atomic E-state index is 0.354. The fraction of sp³-hybridized carbons (Fsp3) is 0.227. The van der Waals surface area contributed by atoms with E-state index in [9.17, 15) is 4.79 Å². The summed E-state index contributed by atoms with van der Waals surface area (Å²) < 4.78 is 10.4. The minimum Gasteiger partial charge on any atom is -0.497 e. The van der Waals surface area contributed by atoms with E-state index < -0.39 is 0 Å². The van der Waals surface area contributed by atoms with Crippen molar-refractivity contribution in [2.75, 3.05) is 43.3 Å². The van der Waals surface area contributed by atoms with Crippen molar-refractivity contribution in [3.05, 3.63) is 59.2 Å². The van der Waals surface area contributed by atoms with E-state index in [0.29, 0.717) is 41.3 Å². The zero-order valence-electron chi connectivity index (χ0n) is 18.0. The molecule has 0 aliphatic heterocycles. The largest absolute Gasteiger partial charge is 0.497 e. The molecule has 10 heteroatoms. The van der Waals surface area contributed by atoms with Gasteiger partial charge in [0.15, 0.2) is 0 Å². The number of nitrogens with one attached hydrogen (secondary N) is 4. The van der Waals surface area contributed by atoms with Gasteiger partial charge in [-0.2, -0.15) is 4.98 Å². The summed E-state index contributed by atoms with van der Waals surface area (Å²) in [5.74, 6) is 2.42. The van der Waals surface area contributed by atoms with Gasteiger partial charge in [0, 0.05) is 35.6 Å². The van der Waals surface area contributed by atoms with E-state index in [4.69, 9.17) is 21.1 Å². The standard InChI is InChI=1S/C22H25ClN6O3/c1-14-12-20(27-16-5-7-17(31-2)8-6-16)29-21(26-14)24-10-11-25-22(30)28-18-13-15(23)4-9-19(18)32-3/h4-9,12-13H,10-11H2,1-3H3,(H2,25,28,30)(H2,24,26,27,29). The lowest BCUT2D eigenvalue weighted by Crippen LogP contribution is -2.33. The number of aryl methyl sites for hydroxylation is 1. The van der Waals surface area contributed by atoms with Gasteiger partial charge in [-0.15, -0.1) is 0 Å². The number of aromatic nitrogens is 2. The molecular weight excluding hydrogens is 432 g/mol. The molecule has 2 amide bonds. The summed E-state index contributed by atoms with van der Waals surface area (Å²) in [6.45, 7) is 2.68. The van der Waals surface area contributed by atoms with E-state index in [0.717, 1.165) is 17.1 Å². The van der Waals surface area contributed by atoms with Crippen LogP contribution in [0.2, 0.25) is 5.02 Å². The Labute approximate surface area is 191 Å². The molecule has 0 spiro atoms. The van der Waals surface area contributed by atoms with Crippen LogP contribution >= 0.6 is 11.6 Å². The van der Waals surface area contributed by atoms with E-state index in [1.54, 1.807) is 25.3 Å². The smallest absolute Gasteiger partial charge is 0.319 e. The van der Waals surface area contributed by atoms with Gasteiger partial charge < -0.3 is 30.7 Å². The first-order valence-corrected chi connectivity index (χ1v) is 10.2. The summed E-state index contributed by atoms with van der Waals surface area (Å²) in [4.78, 5) is 21.0. The average molecular weight is 457 g/mol.